The molecule has 43 heavy (non-hydrogen) atoms. The van der Waals surface area contributed by atoms with E-state index < -0.39 is 46.2 Å². The SMILES string of the molecule is CC(C)C(Nc1ccc(C(F)(F)F)cc1[N+](=O)[O-])C(=O)O.CCCCCCCCCCCC=CCCCCCCC(=O)O. The van der Waals surface area contributed by atoms with E-state index in [1.165, 1.54) is 70.6 Å². The molecule has 0 aromatic heterocycles. The van der Waals surface area contributed by atoms with E-state index in [0.717, 1.165) is 31.7 Å². The zero-order valence-corrected chi connectivity index (χ0v) is 26.0. The molecule has 0 amide bonds. The number of nitro groups is 1. The second-order valence-electron chi connectivity index (χ2n) is 11.1. The first-order chi connectivity index (χ1) is 20.3. The van der Waals surface area contributed by atoms with Gasteiger partial charge in [0.05, 0.1) is 10.5 Å². The lowest BCUT2D eigenvalue weighted by Gasteiger charge is -2.19. The summed E-state index contributed by atoms with van der Waals surface area (Å²) >= 11 is 0. The molecular weight excluding hydrogens is 565 g/mol. The summed E-state index contributed by atoms with van der Waals surface area (Å²) in [7, 11) is 0. The summed E-state index contributed by atoms with van der Waals surface area (Å²) < 4.78 is 37.6. The zero-order chi connectivity index (χ0) is 32.7. The third kappa shape index (κ3) is 20.4. The van der Waals surface area contributed by atoms with Crippen molar-refractivity contribution in [2.24, 2.45) is 5.92 Å². The van der Waals surface area contributed by atoms with E-state index >= 15 is 0 Å². The Morgan fingerprint density at radius 3 is 1.79 bits per heavy atom. The molecule has 0 bridgehead atoms. The molecule has 246 valence electrons. The van der Waals surface area contributed by atoms with Crippen LogP contribution >= 0.6 is 0 Å². The van der Waals surface area contributed by atoms with Gasteiger partial charge in [-0.05, 0) is 50.2 Å². The van der Waals surface area contributed by atoms with E-state index in [9.17, 15) is 32.9 Å². The van der Waals surface area contributed by atoms with Gasteiger partial charge >= 0.3 is 18.1 Å². The van der Waals surface area contributed by atoms with Crippen LogP contribution in [0.4, 0.5) is 24.5 Å². The highest BCUT2D eigenvalue weighted by Crippen LogP contribution is 2.35. The number of anilines is 1. The molecule has 0 saturated heterocycles. The van der Waals surface area contributed by atoms with Gasteiger partial charge in [-0.1, -0.05) is 97.1 Å². The third-order valence-corrected chi connectivity index (χ3v) is 6.92. The zero-order valence-electron chi connectivity index (χ0n) is 26.0. The highest BCUT2D eigenvalue weighted by molar-refractivity contribution is 5.79. The molecule has 0 spiro atoms. The number of hydrogen-bond acceptors (Lipinski definition) is 5. The fourth-order valence-electron chi connectivity index (χ4n) is 4.36. The predicted molar refractivity (Wildman–Crippen MR) is 164 cm³/mol. The fourth-order valence-corrected chi connectivity index (χ4v) is 4.36. The Kier molecular flexibility index (Phi) is 21.7. The van der Waals surface area contributed by atoms with Crippen molar-refractivity contribution in [1.82, 2.24) is 0 Å². The van der Waals surface area contributed by atoms with Gasteiger partial charge in [-0.25, -0.2) is 4.79 Å². The Balaban J connectivity index is 0.000000821. The van der Waals surface area contributed by atoms with Gasteiger partial charge in [-0.2, -0.15) is 13.2 Å². The van der Waals surface area contributed by atoms with Crippen molar-refractivity contribution in [3.05, 3.63) is 46.0 Å². The minimum Gasteiger partial charge on any atom is -0.481 e. The topological polar surface area (TPSA) is 130 Å². The normalized spacial score (nSPS) is 12.2. The number of nitrogens with one attached hydrogen (secondary N) is 1. The summed E-state index contributed by atoms with van der Waals surface area (Å²) in [5, 5.41) is 30.8. The van der Waals surface area contributed by atoms with Gasteiger partial charge < -0.3 is 15.5 Å². The van der Waals surface area contributed by atoms with E-state index in [2.05, 4.69) is 24.4 Å². The standard InChI is InChI=1S/C20H38O2.C12H13F3N2O4/c1-2-3-4-5-6-7-8-9-10-11-12-13-14-15-16-17-18-19-20(21)22;1-6(2)10(11(18)19)16-8-4-3-7(12(13,14)15)5-9(8)17(20)21/h12-13H,2-11,14-19H2,1H3,(H,21,22);3-6,10,16H,1-2H3,(H,18,19). The first-order valence-corrected chi connectivity index (χ1v) is 15.5. The van der Waals surface area contributed by atoms with Gasteiger partial charge in [0, 0.05) is 12.5 Å². The Morgan fingerprint density at radius 1 is 0.884 bits per heavy atom. The second-order valence-corrected chi connectivity index (χ2v) is 11.1. The number of benzene rings is 1. The molecule has 0 aliphatic rings. The summed E-state index contributed by atoms with van der Waals surface area (Å²) in [5.74, 6) is -2.33. The molecule has 8 nitrogen and oxygen atoms in total. The van der Waals surface area contributed by atoms with Crippen LogP contribution in [0.3, 0.4) is 0 Å². The number of nitrogens with zero attached hydrogens (tertiary/aromatic N) is 1. The number of allylic oxidation sites excluding steroid dienone is 2. The monoisotopic (exact) mass is 616 g/mol. The summed E-state index contributed by atoms with van der Waals surface area (Å²) in [5.41, 5.74) is -2.26. The van der Waals surface area contributed by atoms with Gasteiger partial charge in [0.15, 0.2) is 0 Å². The Morgan fingerprint density at radius 2 is 1.37 bits per heavy atom. The average molecular weight is 617 g/mol. The number of alkyl halides is 3. The maximum atomic E-state index is 12.5. The molecule has 0 aliphatic heterocycles. The Labute approximate surface area is 254 Å². The minimum atomic E-state index is -4.71. The van der Waals surface area contributed by atoms with Crippen LogP contribution in [0.25, 0.3) is 0 Å². The van der Waals surface area contributed by atoms with Crippen molar-refractivity contribution >= 4 is 23.3 Å². The van der Waals surface area contributed by atoms with Crippen LogP contribution in [-0.2, 0) is 15.8 Å². The largest absolute Gasteiger partial charge is 0.481 e. The van der Waals surface area contributed by atoms with Crippen LogP contribution in [0.15, 0.2) is 30.4 Å². The summed E-state index contributed by atoms with van der Waals surface area (Å²) in [6.45, 7) is 5.41. The molecule has 1 aromatic carbocycles. The van der Waals surface area contributed by atoms with Crippen LogP contribution in [0, 0.1) is 16.0 Å². The van der Waals surface area contributed by atoms with Crippen LogP contribution in [0.1, 0.15) is 129 Å². The average Bonchev–Trinajstić information content (AvgIpc) is 2.92. The molecule has 0 aliphatic carbocycles. The van der Waals surface area contributed by atoms with E-state index in [1.54, 1.807) is 13.8 Å². The van der Waals surface area contributed by atoms with E-state index in [-0.39, 0.29) is 5.69 Å². The van der Waals surface area contributed by atoms with Gasteiger partial charge in [0.2, 0.25) is 0 Å². The predicted octanol–water partition coefficient (Wildman–Crippen LogP) is 10.0. The van der Waals surface area contributed by atoms with Crippen molar-refractivity contribution in [2.45, 2.75) is 136 Å². The van der Waals surface area contributed by atoms with Gasteiger partial charge in [-0.15, -0.1) is 0 Å². The Hall–Kier alpha value is -3.11. The van der Waals surface area contributed by atoms with Gasteiger partial charge in [0.1, 0.15) is 11.7 Å². The number of halogens is 3. The van der Waals surface area contributed by atoms with Crippen LogP contribution < -0.4 is 5.32 Å². The number of carbonyl (C=O) groups is 2. The third-order valence-electron chi connectivity index (χ3n) is 6.92. The quantitative estimate of drug-likeness (QED) is 0.0511. The molecule has 0 radical (unpaired) electrons. The molecule has 1 rings (SSSR count). The molecule has 1 aromatic rings. The lowest BCUT2D eigenvalue weighted by Crippen LogP contribution is -2.34. The molecule has 1 atom stereocenters. The molecular formula is C32H51F3N2O6. The van der Waals surface area contributed by atoms with Crippen molar-refractivity contribution < 1.29 is 37.9 Å². The first-order valence-electron chi connectivity index (χ1n) is 15.5. The van der Waals surface area contributed by atoms with Crippen molar-refractivity contribution in [1.29, 1.82) is 0 Å². The fraction of sp³-hybridized carbons (Fsp3) is 0.688. The van der Waals surface area contributed by atoms with Crippen LogP contribution in [0.5, 0.6) is 0 Å². The Bertz CT molecular complexity index is 967. The first kappa shape index (κ1) is 39.9. The maximum Gasteiger partial charge on any atom is 0.416 e. The van der Waals surface area contributed by atoms with Crippen LogP contribution in [-0.4, -0.2) is 33.1 Å². The van der Waals surface area contributed by atoms with Gasteiger partial charge in [0.25, 0.3) is 5.69 Å². The maximum absolute atomic E-state index is 12.5. The number of nitro benzene ring substituents is 1. The van der Waals surface area contributed by atoms with Crippen molar-refractivity contribution in [2.75, 3.05) is 5.32 Å². The smallest absolute Gasteiger partial charge is 0.416 e. The summed E-state index contributed by atoms with van der Waals surface area (Å²) in [6.07, 6.45) is 19.5. The summed E-state index contributed by atoms with van der Waals surface area (Å²) in [6, 6.07) is 0.746. The molecule has 0 saturated carbocycles. The van der Waals surface area contributed by atoms with Crippen LogP contribution in [0.2, 0.25) is 0 Å². The van der Waals surface area contributed by atoms with E-state index in [1.807, 2.05) is 0 Å². The van der Waals surface area contributed by atoms with Crippen molar-refractivity contribution in [3.8, 4) is 0 Å². The van der Waals surface area contributed by atoms with Crippen molar-refractivity contribution in [3.63, 3.8) is 0 Å². The number of rotatable bonds is 22. The second kappa shape index (κ2) is 23.4. The molecule has 1 unspecified atom stereocenters. The number of aliphatic carboxylic acids is 2. The van der Waals surface area contributed by atoms with E-state index in [4.69, 9.17) is 10.2 Å². The lowest BCUT2D eigenvalue weighted by molar-refractivity contribution is -0.384. The highest BCUT2D eigenvalue weighted by atomic mass is 19.4. The minimum absolute atomic E-state index is 0.269. The summed E-state index contributed by atoms with van der Waals surface area (Å²) in [4.78, 5) is 31.3. The number of carboxylic acid groups (broad SMARTS) is 2. The lowest BCUT2D eigenvalue weighted by atomic mass is 10.0. The number of carboxylic acids is 2. The molecule has 3 N–H and O–H groups in total. The number of hydrogen-bond donors (Lipinski definition) is 3. The van der Waals surface area contributed by atoms with Gasteiger partial charge in [-0.3, -0.25) is 14.9 Å². The molecule has 0 fully saturated rings. The highest BCUT2D eigenvalue weighted by Gasteiger charge is 2.34. The molecule has 0 heterocycles. The van der Waals surface area contributed by atoms with E-state index in [0.29, 0.717) is 18.6 Å². The molecule has 11 heteroatoms. The number of unbranched alkanes of at least 4 members (excludes halogenated alkanes) is 13.